The third-order valence-electron chi connectivity index (χ3n) is 3.56. The zero-order valence-corrected chi connectivity index (χ0v) is 15.7. The summed E-state index contributed by atoms with van der Waals surface area (Å²) in [6, 6.07) is 8.45. The molecule has 1 amide bonds. The molecule has 0 atom stereocenters. The van der Waals surface area contributed by atoms with Crippen molar-refractivity contribution in [1.29, 1.82) is 0 Å². The van der Waals surface area contributed by atoms with E-state index in [2.05, 4.69) is 10.3 Å². The summed E-state index contributed by atoms with van der Waals surface area (Å²) >= 11 is 7.26. The highest BCUT2D eigenvalue weighted by Gasteiger charge is 2.14. The fraction of sp³-hybridized carbons (Fsp3) is 0.167. The lowest BCUT2D eigenvalue weighted by molar-refractivity contribution is 0.101. The summed E-state index contributed by atoms with van der Waals surface area (Å²) in [5.41, 5.74) is 1.52. The first-order chi connectivity index (χ1) is 12.4. The van der Waals surface area contributed by atoms with Crippen molar-refractivity contribution in [2.45, 2.75) is 13.5 Å². The van der Waals surface area contributed by atoms with Gasteiger partial charge >= 0.3 is 0 Å². The first kappa shape index (κ1) is 18.2. The molecule has 0 spiro atoms. The molecule has 1 aromatic carbocycles. The molecule has 0 fully saturated rings. The molecule has 3 rings (SSSR count). The number of amides is 1. The second kappa shape index (κ2) is 7.72. The number of hydrogen-bond acceptors (Lipinski definition) is 5. The van der Waals surface area contributed by atoms with Gasteiger partial charge in [-0.05, 0) is 24.6 Å². The zero-order chi connectivity index (χ0) is 18.7. The van der Waals surface area contributed by atoms with Crippen LogP contribution in [0.2, 0.25) is 5.02 Å². The molecular weight excluding hydrogens is 374 g/mol. The number of thiazole rings is 1. The Kier molecular flexibility index (Phi) is 5.39. The average molecular weight is 390 g/mol. The van der Waals surface area contributed by atoms with Gasteiger partial charge in [-0.1, -0.05) is 23.7 Å². The molecule has 0 bridgehead atoms. The maximum atomic E-state index is 12.4. The topological polar surface area (TPSA) is 73.2 Å². The number of aromatic nitrogens is 2. The highest BCUT2D eigenvalue weighted by atomic mass is 35.5. The number of hydrogen-bond donors (Lipinski definition) is 1. The number of pyridine rings is 1. The summed E-state index contributed by atoms with van der Waals surface area (Å²) in [7, 11) is 1.67. The van der Waals surface area contributed by atoms with Gasteiger partial charge in [-0.2, -0.15) is 0 Å². The fourth-order valence-corrected chi connectivity index (χ4v) is 3.20. The highest BCUT2D eigenvalue weighted by molar-refractivity contribution is 7.13. The van der Waals surface area contributed by atoms with Crippen molar-refractivity contribution in [2.75, 3.05) is 5.32 Å². The standard InChI is InChI=1S/C18H16ClN3O3S/c1-11-10-26-18(20-11)21-17(24)14-7-15(23)16(8-22(14)2)25-9-12-4-3-5-13(19)6-12/h3-8,10H,9H2,1-2H3,(H,20,21,24). The molecule has 0 saturated carbocycles. The Hall–Kier alpha value is -2.64. The van der Waals surface area contributed by atoms with Crippen LogP contribution in [0.3, 0.4) is 0 Å². The molecule has 26 heavy (non-hydrogen) atoms. The lowest BCUT2D eigenvalue weighted by Gasteiger charge is -2.11. The predicted octanol–water partition coefficient (Wildman–Crippen LogP) is 3.63. The Labute approximate surface area is 159 Å². The van der Waals surface area contributed by atoms with E-state index >= 15 is 0 Å². The van der Waals surface area contributed by atoms with E-state index in [1.54, 1.807) is 23.7 Å². The number of nitrogens with one attached hydrogen (secondary N) is 1. The molecule has 6 nitrogen and oxygen atoms in total. The number of nitrogens with zero attached hydrogens (tertiary/aromatic N) is 2. The van der Waals surface area contributed by atoms with Gasteiger partial charge in [-0.3, -0.25) is 14.9 Å². The number of halogens is 1. The minimum Gasteiger partial charge on any atom is -0.483 e. The number of anilines is 1. The number of ether oxygens (including phenoxy) is 1. The van der Waals surface area contributed by atoms with Gasteiger partial charge in [0.2, 0.25) is 5.43 Å². The predicted molar refractivity (Wildman–Crippen MR) is 102 cm³/mol. The Morgan fingerprint density at radius 2 is 2.19 bits per heavy atom. The van der Waals surface area contributed by atoms with Gasteiger partial charge < -0.3 is 9.30 Å². The van der Waals surface area contributed by atoms with Crippen LogP contribution in [0.15, 0.2) is 46.7 Å². The van der Waals surface area contributed by atoms with Crippen molar-refractivity contribution >= 4 is 34.0 Å². The summed E-state index contributed by atoms with van der Waals surface area (Å²) in [4.78, 5) is 28.8. The van der Waals surface area contributed by atoms with Crippen LogP contribution in [0.4, 0.5) is 5.13 Å². The van der Waals surface area contributed by atoms with E-state index in [9.17, 15) is 9.59 Å². The van der Waals surface area contributed by atoms with E-state index in [1.165, 1.54) is 23.6 Å². The average Bonchev–Trinajstić information content (AvgIpc) is 3.00. The van der Waals surface area contributed by atoms with Crippen molar-refractivity contribution in [3.05, 3.63) is 74.1 Å². The van der Waals surface area contributed by atoms with E-state index in [0.29, 0.717) is 10.2 Å². The molecule has 0 aliphatic carbocycles. The maximum absolute atomic E-state index is 12.4. The lowest BCUT2D eigenvalue weighted by Crippen LogP contribution is -2.21. The Morgan fingerprint density at radius 1 is 1.38 bits per heavy atom. The summed E-state index contributed by atoms with van der Waals surface area (Å²) < 4.78 is 7.13. The van der Waals surface area contributed by atoms with Crippen molar-refractivity contribution in [3.8, 4) is 5.75 Å². The molecule has 0 aliphatic heterocycles. The number of rotatable bonds is 5. The number of carbonyl (C=O) groups excluding carboxylic acids is 1. The van der Waals surface area contributed by atoms with Gasteiger partial charge in [-0.15, -0.1) is 11.3 Å². The van der Waals surface area contributed by atoms with Crippen LogP contribution in [0.1, 0.15) is 21.7 Å². The zero-order valence-electron chi connectivity index (χ0n) is 14.2. The van der Waals surface area contributed by atoms with E-state index in [0.717, 1.165) is 11.3 Å². The quantitative estimate of drug-likeness (QED) is 0.723. The van der Waals surface area contributed by atoms with Crippen molar-refractivity contribution in [2.24, 2.45) is 7.05 Å². The lowest BCUT2D eigenvalue weighted by atomic mass is 10.2. The molecule has 3 aromatic rings. The molecule has 134 valence electrons. The van der Waals surface area contributed by atoms with Gasteiger partial charge in [-0.25, -0.2) is 4.98 Å². The molecule has 0 unspecified atom stereocenters. The molecule has 0 saturated heterocycles. The molecule has 8 heteroatoms. The van der Waals surface area contributed by atoms with E-state index in [4.69, 9.17) is 16.3 Å². The first-order valence-electron chi connectivity index (χ1n) is 7.74. The molecule has 1 N–H and O–H groups in total. The first-order valence-corrected chi connectivity index (χ1v) is 8.99. The van der Waals surface area contributed by atoms with E-state index in [-0.39, 0.29) is 23.5 Å². The monoisotopic (exact) mass is 389 g/mol. The van der Waals surface area contributed by atoms with E-state index in [1.807, 2.05) is 24.4 Å². The summed E-state index contributed by atoms with van der Waals surface area (Å²) in [5.74, 6) is -0.241. The largest absolute Gasteiger partial charge is 0.483 e. The van der Waals surface area contributed by atoms with Gasteiger partial charge in [0.25, 0.3) is 5.91 Å². The van der Waals surface area contributed by atoms with Crippen LogP contribution in [0, 0.1) is 6.92 Å². The van der Waals surface area contributed by atoms with E-state index < -0.39 is 5.91 Å². The summed E-state index contributed by atoms with van der Waals surface area (Å²) in [6.45, 7) is 2.05. The molecule has 0 radical (unpaired) electrons. The molecule has 2 aromatic heterocycles. The smallest absolute Gasteiger partial charge is 0.274 e. The summed E-state index contributed by atoms with van der Waals surface area (Å²) in [6.07, 6.45) is 1.49. The SMILES string of the molecule is Cc1csc(NC(=O)c2cc(=O)c(OCc3cccc(Cl)c3)cn2C)n1. The normalized spacial score (nSPS) is 10.6. The molecule has 0 aliphatic rings. The molecule has 2 heterocycles. The maximum Gasteiger partial charge on any atom is 0.274 e. The van der Waals surface area contributed by atoms with Crippen molar-refractivity contribution in [1.82, 2.24) is 9.55 Å². The Morgan fingerprint density at radius 3 is 2.88 bits per heavy atom. The molecular formula is C18H16ClN3O3S. The summed E-state index contributed by atoms with van der Waals surface area (Å²) in [5, 5.41) is 5.61. The van der Waals surface area contributed by atoms with Crippen LogP contribution in [-0.2, 0) is 13.7 Å². The second-order valence-electron chi connectivity index (χ2n) is 5.66. The van der Waals surface area contributed by atoms with Crippen LogP contribution < -0.4 is 15.5 Å². The Bertz CT molecular complexity index is 1010. The van der Waals surface area contributed by atoms with Crippen LogP contribution >= 0.6 is 22.9 Å². The van der Waals surface area contributed by atoms with Crippen LogP contribution in [0.5, 0.6) is 5.75 Å². The Balaban J connectivity index is 1.75. The number of benzene rings is 1. The second-order valence-corrected chi connectivity index (χ2v) is 6.96. The number of carbonyl (C=O) groups is 1. The minimum absolute atomic E-state index is 0.161. The van der Waals surface area contributed by atoms with Crippen LogP contribution in [0.25, 0.3) is 0 Å². The minimum atomic E-state index is -0.402. The third-order valence-corrected chi connectivity index (χ3v) is 4.67. The van der Waals surface area contributed by atoms with Gasteiger partial charge in [0.05, 0.1) is 11.9 Å². The third kappa shape index (κ3) is 4.30. The van der Waals surface area contributed by atoms with Gasteiger partial charge in [0, 0.05) is 23.5 Å². The van der Waals surface area contributed by atoms with Crippen molar-refractivity contribution < 1.29 is 9.53 Å². The fourth-order valence-electron chi connectivity index (χ4n) is 2.30. The van der Waals surface area contributed by atoms with Gasteiger partial charge in [0.15, 0.2) is 10.9 Å². The number of aryl methyl sites for hydroxylation is 2. The van der Waals surface area contributed by atoms with Crippen molar-refractivity contribution in [3.63, 3.8) is 0 Å². The van der Waals surface area contributed by atoms with Gasteiger partial charge in [0.1, 0.15) is 12.3 Å². The van der Waals surface area contributed by atoms with Crippen LogP contribution in [-0.4, -0.2) is 15.5 Å². The highest BCUT2D eigenvalue weighted by Crippen LogP contribution is 2.16.